The molecule has 5 heteroatoms. The molecule has 0 aliphatic heterocycles. The Hall–Kier alpha value is -2.43. The van der Waals surface area contributed by atoms with Crippen LogP contribution in [0.15, 0.2) is 36.7 Å². The number of hydrogen-bond acceptors (Lipinski definition) is 5. The van der Waals surface area contributed by atoms with Gasteiger partial charge in [-0.05, 0) is 37.0 Å². The predicted molar refractivity (Wildman–Crippen MR) is 146 cm³/mol. The minimum Gasteiger partial charge on any atom is -0.493 e. The third-order valence-corrected chi connectivity index (χ3v) is 7.36. The number of benzene rings is 1. The molecule has 1 aromatic heterocycles. The van der Waals surface area contributed by atoms with Crippen LogP contribution in [0.5, 0.6) is 11.5 Å². The van der Waals surface area contributed by atoms with Crippen LogP contribution >= 0.6 is 0 Å². The highest BCUT2D eigenvalue weighted by Crippen LogP contribution is 2.33. The normalized spacial score (nSPS) is 14.6. The first kappa shape index (κ1) is 28.1. The van der Waals surface area contributed by atoms with Gasteiger partial charge in [0.1, 0.15) is 11.5 Å². The number of esters is 1. The van der Waals surface area contributed by atoms with Gasteiger partial charge in [0.2, 0.25) is 0 Å². The minimum absolute atomic E-state index is 0.148. The summed E-state index contributed by atoms with van der Waals surface area (Å²) in [6.45, 7) is 4.81. The van der Waals surface area contributed by atoms with Gasteiger partial charge < -0.3 is 9.47 Å². The molecule has 36 heavy (non-hydrogen) atoms. The van der Waals surface area contributed by atoms with Gasteiger partial charge in [-0.25, -0.2) is 9.97 Å². The highest BCUT2D eigenvalue weighted by molar-refractivity contribution is 5.78. The van der Waals surface area contributed by atoms with Gasteiger partial charge in [-0.1, -0.05) is 97.3 Å². The van der Waals surface area contributed by atoms with Crippen LogP contribution in [0.3, 0.4) is 0 Å². The fourth-order valence-corrected chi connectivity index (χ4v) is 5.06. The van der Waals surface area contributed by atoms with Gasteiger partial charge in [0, 0.05) is 18.5 Å². The van der Waals surface area contributed by atoms with E-state index in [2.05, 4.69) is 16.9 Å². The molecule has 1 atom stereocenters. The van der Waals surface area contributed by atoms with Crippen molar-refractivity contribution in [3.63, 3.8) is 0 Å². The Morgan fingerprint density at radius 2 is 1.69 bits per heavy atom. The lowest BCUT2D eigenvalue weighted by atomic mass is 9.99. The summed E-state index contributed by atoms with van der Waals surface area (Å²) in [6.07, 6.45) is 22.3. The number of carbonyl (C=O) groups is 1. The second-order valence-corrected chi connectivity index (χ2v) is 10.5. The van der Waals surface area contributed by atoms with E-state index in [0.29, 0.717) is 29.5 Å². The number of unbranched alkanes of at least 4 members (excludes halogenated alkanes) is 7. The van der Waals surface area contributed by atoms with Crippen molar-refractivity contribution in [1.82, 2.24) is 9.97 Å². The maximum Gasteiger partial charge on any atom is 0.314 e. The molecular weight excluding hydrogens is 448 g/mol. The first-order chi connectivity index (χ1) is 17.7. The number of rotatable bonds is 17. The molecule has 0 saturated heterocycles. The molecule has 1 saturated carbocycles. The lowest BCUT2D eigenvalue weighted by Gasteiger charge is -2.15. The maximum absolute atomic E-state index is 12.8. The summed E-state index contributed by atoms with van der Waals surface area (Å²) < 4.78 is 11.9. The highest BCUT2D eigenvalue weighted by atomic mass is 16.5. The van der Waals surface area contributed by atoms with Crippen molar-refractivity contribution in [2.24, 2.45) is 11.8 Å². The largest absolute Gasteiger partial charge is 0.493 e. The summed E-state index contributed by atoms with van der Waals surface area (Å²) in [4.78, 5) is 21.5. The van der Waals surface area contributed by atoms with Crippen molar-refractivity contribution in [3.8, 4) is 22.9 Å². The molecule has 2 aromatic rings. The second kappa shape index (κ2) is 16.3. The number of ether oxygens (including phenoxy) is 2. The van der Waals surface area contributed by atoms with E-state index in [1.54, 1.807) is 18.5 Å². The van der Waals surface area contributed by atoms with E-state index < -0.39 is 0 Å². The summed E-state index contributed by atoms with van der Waals surface area (Å²) in [5.41, 5.74) is 0.705. The van der Waals surface area contributed by atoms with E-state index in [9.17, 15) is 4.79 Å². The van der Waals surface area contributed by atoms with Crippen molar-refractivity contribution < 1.29 is 14.3 Å². The summed E-state index contributed by atoms with van der Waals surface area (Å²) in [7, 11) is 0. The van der Waals surface area contributed by atoms with Crippen LogP contribution in [0, 0.1) is 11.8 Å². The molecule has 1 aliphatic carbocycles. The minimum atomic E-state index is -0.210. The van der Waals surface area contributed by atoms with E-state index in [1.165, 1.54) is 70.6 Å². The van der Waals surface area contributed by atoms with Gasteiger partial charge in [0.25, 0.3) is 0 Å². The van der Waals surface area contributed by atoms with Gasteiger partial charge in [-0.2, -0.15) is 0 Å². The van der Waals surface area contributed by atoms with E-state index >= 15 is 0 Å². The van der Waals surface area contributed by atoms with Crippen LogP contribution in [-0.2, 0) is 4.79 Å². The Labute approximate surface area is 218 Å². The van der Waals surface area contributed by atoms with E-state index in [-0.39, 0.29) is 11.9 Å². The third kappa shape index (κ3) is 9.91. The van der Waals surface area contributed by atoms with Crippen LogP contribution in [-0.4, -0.2) is 22.5 Å². The lowest BCUT2D eigenvalue weighted by Crippen LogP contribution is -2.18. The first-order valence-electron chi connectivity index (χ1n) is 14.4. The average molecular weight is 495 g/mol. The van der Waals surface area contributed by atoms with Crippen molar-refractivity contribution in [3.05, 3.63) is 36.7 Å². The standard InChI is InChI=1S/C31H46N2O3/c1-3-4-5-9-15-25(2)31(34)36-29-24-27(19-20-28(29)30-32-21-14-22-33-30)35-23-13-8-6-7-10-16-26-17-11-12-18-26/h14,19-22,24-26H,3-13,15-18,23H2,1-2H3/t25-/m0/s1. The Balaban J connectivity index is 1.48. The molecule has 0 unspecified atom stereocenters. The Bertz CT molecular complexity index is 881. The van der Waals surface area contributed by atoms with Crippen LogP contribution in [0.4, 0.5) is 0 Å². The summed E-state index contributed by atoms with van der Waals surface area (Å²) in [5.74, 6) is 2.37. The molecule has 1 heterocycles. The monoisotopic (exact) mass is 494 g/mol. The molecule has 0 radical (unpaired) electrons. The van der Waals surface area contributed by atoms with Gasteiger partial charge in [-0.3, -0.25) is 4.79 Å². The van der Waals surface area contributed by atoms with Crippen molar-refractivity contribution >= 4 is 5.97 Å². The summed E-state index contributed by atoms with van der Waals surface area (Å²) in [6, 6.07) is 7.40. The molecule has 1 fully saturated rings. The summed E-state index contributed by atoms with van der Waals surface area (Å²) >= 11 is 0. The lowest BCUT2D eigenvalue weighted by molar-refractivity contribution is -0.138. The predicted octanol–water partition coefficient (Wildman–Crippen LogP) is 8.57. The smallest absolute Gasteiger partial charge is 0.314 e. The second-order valence-electron chi connectivity index (χ2n) is 10.5. The molecule has 0 amide bonds. The van der Waals surface area contributed by atoms with E-state index in [4.69, 9.17) is 9.47 Å². The van der Waals surface area contributed by atoms with Crippen LogP contribution in [0.2, 0.25) is 0 Å². The molecule has 198 valence electrons. The zero-order valence-corrected chi connectivity index (χ0v) is 22.6. The molecular formula is C31H46N2O3. The molecule has 0 bridgehead atoms. The zero-order valence-electron chi connectivity index (χ0n) is 22.6. The molecule has 0 spiro atoms. The fourth-order valence-electron chi connectivity index (χ4n) is 5.06. The first-order valence-corrected chi connectivity index (χ1v) is 14.4. The molecule has 0 N–H and O–H groups in total. The van der Waals surface area contributed by atoms with Crippen molar-refractivity contribution in [2.45, 2.75) is 110 Å². The quantitative estimate of drug-likeness (QED) is 0.125. The van der Waals surface area contributed by atoms with E-state index in [1.807, 2.05) is 25.1 Å². The van der Waals surface area contributed by atoms with Crippen LogP contribution < -0.4 is 9.47 Å². The zero-order chi connectivity index (χ0) is 25.4. The Morgan fingerprint density at radius 3 is 2.47 bits per heavy atom. The number of nitrogens with zero attached hydrogens (tertiary/aromatic N) is 2. The fraction of sp³-hybridized carbons (Fsp3) is 0.645. The van der Waals surface area contributed by atoms with E-state index in [0.717, 1.165) is 31.6 Å². The highest BCUT2D eigenvalue weighted by Gasteiger charge is 2.19. The Morgan fingerprint density at radius 1 is 0.972 bits per heavy atom. The summed E-state index contributed by atoms with van der Waals surface area (Å²) in [5, 5.41) is 0. The molecule has 1 aliphatic rings. The number of aromatic nitrogens is 2. The topological polar surface area (TPSA) is 61.3 Å². The van der Waals surface area contributed by atoms with Gasteiger partial charge >= 0.3 is 5.97 Å². The maximum atomic E-state index is 12.8. The van der Waals surface area contributed by atoms with Gasteiger partial charge in [0.05, 0.1) is 18.1 Å². The average Bonchev–Trinajstić information content (AvgIpc) is 3.42. The van der Waals surface area contributed by atoms with Crippen molar-refractivity contribution in [2.75, 3.05) is 6.61 Å². The number of carbonyl (C=O) groups excluding carboxylic acids is 1. The van der Waals surface area contributed by atoms with Crippen molar-refractivity contribution in [1.29, 1.82) is 0 Å². The molecule has 3 rings (SSSR count). The molecule has 5 nitrogen and oxygen atoms in total. The van der Waals surface area contributed by atoms with Crippen LogP contribution in [0.25, 0.3) is 11.4 Å². The van der Waals surface area contributed by atoms with Crippen LogP contribution in [0.1, 0.15) is 110 Å². The SMILES string of the molecule is CCCCCC[C@H](C)C(=O)Oc1cc(OCCCCCCCC2CCCC2)ccc1-c1ncccn1. The number of hydrogen-bond donors (Lipinski definition) is 0. The third-order valence-electron chi connectivity index (χ3n) is 7.36. The Kier molecular flexibility index (Phi) is 12.8. The van der Waals surface area contributed by atoms with Gasteiger partial charge in [0.15, 0.2) is 5.82 Å². The van der Waals surface area contributed by atoms with Gasteiger partial charge in [-0.15, -0.1) is 0 Å². The molecule has 1 aromatic carbocycles.